The van der Waals surface area contributed by atoms with Gasteiger partial charge in [0, 0.05) is 23.0 Å². The van der Waals surface area contributed by atoms with E-state index < -0.39 is 29.8 Å². The maximum absolute atomic E-state index is 12.2. The lowest BCUT2D eigenvalue weighted by Gasteiger charge is -2.39. The van der Waals surface area contributed by atoms with Gasteiger partial charge in [0.25, 0.3) is 0 Å². The molecule has 1 saturated heterocycles. The van der Waals surface area contributed by atoms with E-state index in [1.807, 2.05) is 31.3 Å². The first-order valence-electron chi connectivity index (χ1n) is 8.58. The Labute approximate surface area is 147 Å². The van der Waals surface area contributed by atoms with E-state index in [-0.39, 0.29) is 13.1 Å². The second-order valence-electron chi connectivity index (χ2n) is 7.79. The summed E-state index contributed by atoms with van der Waals surface area (Å²) in [6.45, 7) is 7.65. The number of fused-ring (bicyclic) bond motifs is 1. The van der Waals surface area contributed by atoms with Gasteiger partial charge in [-0.05, 0) is 38.8 Å². The summed E-state index contributed by atoms with van der Waals surface area (Å²) in [6, 6.07) is 5.96. The zero-order valence-electron chi connectivity index (χ0n) is 15.1. The number of rotatable bonds is 1. The van der Waals surface area contributed by atoms with E-state index in [2.05, 4.69) is 4.98 Å². The van der Waals surface area contributed by atoms with Crippen molar-refractivity contribution in [2.75, 3.05) is 13.1 Å². The number of hydrogen-bond donors (Lipinski definition) is 3. The third kappa shape index (κ3) is 3.50. The smallest absolute Gasteiger partial charge is 0.410 e. The summed E-state index contributed by atoms with van der Waals surface area (Å²) in [4.78, 5) is 16.8. The van der Waals surface area contributed by atoms with Crippen LogP contribution < -0.4 is 0 Å². The second-order valence-corrected chi connectivity index (χ2v) is 7.79. The van der Waals surface area contributed by atoms with Crippen LogP contribution in [-0.2, 0) is 4.74 Å². The molecular weight excluding hydrogens is 320 g/mol. The van der Waals surface area contributed by atoms with Crippen LogP contribution in [0.15, 0.2) is 24.4 Å². The lowest BCUT2D eigenvalue weighted by Crippen LogP contribution is -2.53. The van der Waals surface area contributed by atoms with E-state index in [1.54, 1.807) is 20.8 Å². The van der Waals surface area contributed by atoms with Crippen LogP contribution in [0.2, 0.25) is 0 Å². The first-order valence-corrected chi connectivity index (χ1v) is 8.58. The topological polar surface area (TPSA) is 85.8 Å². The molecule has 2 unspecified atom stereocenters. The van der Waals surface area contributed by atoms with Gasteiger partial charge in [0.1, 0.15) is 5.60 Å². The van der Waals surface area contributed by atoms with Crippen LogP contribution in [-0.4, -0.2) is 57.1 Å². The van der Waals surface area contributed by atoms with E-state index in [0.29, 0.717) is 0 Å². The predicted octanol–water partition coefficient (Wildman–Crippen LogP) is 2.53. The summed E-state index contributed by atoms with van der Waals surface area (Å²) < 4.78 is 5.34. The number of aromatic nitrogens is 1. The van der Waals surface area contributed by atoms with Crippen molar-refractivity contribution in [2.24, 2.45) is 0 Å². The van der Waals surface area contributed by atoms with Crippen LogP contribution in [0.5, 0.6) is 0 Å². The average molecular weight is 346 g/mol. The molecule has 1 amide bonds. The first kappa shape index (κ1) is 17.8. The number of amides is 1. The quantitative estimate of drug-likeness (QED) is 0.741. The van der Waals surface area contributed by atoms with E-state index in [9.17, 15) is 15.0 Å². The van der Waals surface area contributed by atoms with Crippen molar-refractivity contribution in [1.82, 2.24) is 9.88 Å². The highest BCUT2D eigenvalue weighted by molar-refractivity contribution is 5.86. The normalized spacial score (nSPS) is 24.6. The molecule has 136 valence electrons. The number of ether oxygens (including phenoxy) is 1. The van der Waals surface area contributed by atoms with Gasteiger partial charge < -0.3 is 24.8 Å². The molecule has 0 radical (unpaired) electrons. The molecule has 1 aromatic carbocycles. The summed E-state index contributed by atoms with van der Waals surface area (Å²) in [5.74, 6) is -0.450. The summed E-state index contributed by atoms with van der Waals surface area (Å²) in [5, 5.41) is 22.3. The first-order chi connectivity index (χ1) is 11.7. The van der Waals surface area contributed by atoms with Crippen molar-refractivity contribution >= 4 is 17.0 Å². The number of β-amino-alcohol motifs (C(OH)–C–C–N with tert-alkyl or cyclic N) is 2. The molecule has 0 saturated carbocycles. The molecule has 3 rings (SSSR count). The predicted molar refractivity (Wildman–Crippen MR) is 95.6 cm³/mol. The highest BCUT2D eigenvalue weighted by Crippen LogP contribution is 2.35. The van der Waals surface area contributed by atoms with Crippen molar-refractivity contribution in [1.29, 1.82) is 0 Å². The zero-order valence-corrected chi connectivity index (χ0v) is 15.1. The van der Waals surface area contributed by atoms with Crippen molar-refractivity contribution in [3.05, 3.63) is 35.5 Å². The van der Waals surface area contributed by atoms with Gasteiger partial charge in [0.15, 0.2) is 0 Å². The molecule has 1 aliphatic heterocycles. The van der Waals surface area contributed by atoms with E-state index in [4.69, 9.17) is 4.74 Å². The summed E-state index contributed by atoms with van der Waals surface area (Å²) in [6.07, 6.45) is -0.400. The van der Waals surface area contributed by atoms with Gasteiger partial charge >= 0.3 is 6.09 Å². The number of carbonyl (C=O) groups excluding carboxylic acids is 1. The molecule has 1 fully saturated rings. The Morgan fingerprint density at radius 3 is 2.48 bits per heavy atom. The number of H-pyrrole nitrogens is 1. The Bertz CT molecular complexity index is 765. The molecule has 0 aliphatic carbocycles. The molecule has 2 aromatic rings. The van der Waals surface area contributed by atoms with Gasteiger partial charge in [0.2, 0.25) is 0 Å². The summed E-state index contributed by atoms with van der Waals surface area (Å²) in [5.41, 5.74) is 2.38. The Hall–Kier alpha value is -2.05. The third-order valence-electron chi connectivity index (χ3n) is 4.61. The number of aromatic amines is 1. The minimum atomic E-state index is -0.865. The molecule has 2 heterocycles. The highest BCUT2D eigenvalue weighted by Gasteiger charge is 2.40. The maximum atomic E-state index is 12.2. The van der Waals surface area contributed by atoms with Crippen molar-refractivity contribution in [3.8, 4) is 0 Å². The molecule has 6 heteroatoms. The number of aliphatic hydroxyl groups excluding tert-OH is 2. The van der Waals surface area contributed by atoms with Crippen LogP contribution in [0.3, 0.4) is 0 Å². The van der Waals surface area contributed by atoms with Crippen LogP contribution in [0.1, 0.15) is 37.8 Å². The second kappa shape index (κ2) is 6.35. The Kier molecular flexibility index (Phi) is 4.51. The lowest BCUT2D eigenvalue weighted by atomic mass is 9.84. The fourth-order valence-corrected chi connectivity index (χ4v) is 3.50. The van der Waals surface area contributed by atoms with Crippen molar-refractivity contribution in [3.63, 3.8) is 0 Å². The molecule has 1 aliphatic rings. The Morgan fingerprint density at radius 1 is 1.24 bits per heavy atom. The lowest BCUT2D eigenvalue weighted by molar-refractivity contribution is -0.0426. The molecule has 3 atom stereocenters. The van der Waals surface area contributed by atoms with Gasteiger partial charge in [-0.25, -0.2) is 4.79 Å². The fraction of sp³-hybridized carbons (Fsp3) is 0.526. The maximum Gasteiger partial charge on any atom is 0.410 e. The van der Waals surface area contributed by atoms with Crippen LogP contribution in [0, 0.1) is 6.92 Å². The Balaban J connectivity index is 1.83. The SMILES string of the molecule is Cc1cccc2c(C3C(O)CN(C(=O)OC(C)(C)C)C[C@@H]3O)c[nH]c12. The van der Waals surface area contributed by atoms with E-state index in [1.165, 1.54) is 4.90 Å². The molecule has 3 N–H and O–H groups in total. The zero-order chi connectivity index (χ0) is 18.4. The fourth-order valence-electron chi connectivity index (χ4n) is 3.50. The molecule has 0 spiro atoms. The van der Waals surface area contributed by atoms with Crippen LogP contribution in [0.4, 0.5) is 4.79 Å². The molecule has 6 nitrogen and oxygen atoms in total. The number of nitrogens with zero attached hydrogens (tertiary/aromatic N) is 1. The van der Waals surface area contributed by atoms with E-state index in [0.717, 1.165) is 22.0 Å². The number of para-hydroxylation sites is 1. The van der Waals surface area contributed by atoms with E-state index >= 15 is 0 Å². The number of piperidine rings is 1. The van der Waals surface area contributed by atoms with Gasteiger partial charge in [-0.1, -0.05) is 18.2 Å². The van der Waals surface area contributed by atoms with Gasteiger partial charge in [0.05, 0.1) is 25.3 Å². The molecule has 0 bridgehead atoms. The largest absolute Gasteiger partial charge is 0.444 e. The third-order valence-corrected chi connectivity index (χ3v) is 4.61. The number of hydrogen-bond acceptors (Lipinski definition) is 4. The standard InChI is InChI=1S/C19H26N2O4/c1-11-6-5-7-12-13(8-20-17(11)12)16-14(22)9-21(10-15(16)23)18(24)25-19(2,3)4/h5-8,14-16,20,22-23H,9-10H2,1-4H3/t14-,15?,16?/m0/s1. The van der Waals surface area contributed by atoms with Crippen molar-refractivity contribution in [2.45, 2.75) is 51.4 Å². The average Bonchev–Trinajstić information content (AvgIpc) is 2.90. The minimum absolute atomic E-state index is 0.134. The van der Waals surface area contributed by atoms with Gasteiger partial charge in [-0.2, -0.15) is 0 Å². The van der Waals surface area contributed by atoms with Gasteiger partial charge in [-0.3, -0.25) is 0 Å². The molecule has 1 aromatic heterocycles. The summed E-state index contributed by atoms with van der Waals surface area (Å²) in [7, 11) is 0. The Morgan fingerprint density at radius 2 is 1.88 bits per heavy atom. The number of carbonyl (C=O) groups is 1. The van der Waals surface area contributed by atoms with Crippen LogP contribution >= 0.6 is 0 Å². The molecule has 25 heavy (non-hydrogen) atoms. The number of aliphatic hydroxyl groups is 2. The molecular formula is C19H26N2O4. The number of likely N-dealkylation sites (tertiary alicyclic amines) is 1. The number of aryl methyl sites for hydroxylation is 1. The number of nitrogens with one attached hydrogen (secondary N) is 1. The van der Waals surface area contributed by atoms with Crippen molar-refractivity contribution < 1.29 is 19.7 Å². The minimum Gasteiger partial charge on any atom is -0.444 e. The number of benzene rings is 1. The van der Waals surface area contributed by atoms with Crippen LogP contribution in [0.25, 0.3) is 10.9 Å². The monoisotopic (exact) mass is 346 g/mol. The highest BCUT2D eigenvalue weighted by atomic mass is 16.6. The summed E-state index contributed by atoms with van der Waals surface area (Å²) >= 11 is 0. The van der Waals surface area contributed by atoms with Gasteiger partial charge in [-0.15, -0.1) is 0 Å².